The number of nitrogens with one attached hydrogen (secondary N) is 1. The molecule has 2 rings (SSSR count). The molecule has 1 aromatic heterocycles. The van der Waals surface area contributed by atoms with E-state index < -0.39 is 5.91 Å². The number of thiazole rings is 1. The van der Waals surface area contributed by atoms with Crippen molar-refractivity contribution in [3.8, 4) is 11.8 Å². The average molecular weight is 294 g/mol. The summed E-state index contributed by atoms with van der Waals surface area (Å²) in [4.78, 5) is 16.4. The van der Waals surface area contributed by atoms with Gasteiger partial charge in [-0.25, -0.2) is 4.98 Å². The van der Waals surface area contributed by atoms with Crippen molar-refractivity contribution < 1.29 is 9.53 Å². The fourth-order valence-electron chi connectivity index (χ4n) is 1.41. The molecule has 5 nitrogen and oxygen atoms in total. The zero-order chi connectivity index (χ0) is 13.8. The van der Waals surface area contributed by atoms with Gasteiger partial charge in [0.25, 0.3) is 5.91 Å². The number of methoxy groups -OCH3 is 1. The number of carbonyl (C=O) groups is 1. The van der Waals surface area contributed by atoms with Crippen molar-refractivity contribution in [1.82, 2.24) is 4.98 Å². The van der Waals surface area contributed by atoms with E-state index in [1.54, 1.807) is 12.1 Å². The number of aromatic nitrogens is 1. The Morgan fingerprint density at radius 2 is 2.37 bits per heavy atom. The van der Waals surface area contributed by atoms with Crippen molar-refractivity contribution >= 4 is 34.0 Å². The van der Waals surface area contributed by atoms with E-state index >= 15 is 0 Å². The van der Waals surface area contributed by atoms with E-state index in [-0.39, 0.29) is 0 Å². The SMILES string of the molecule is COc1ccc(Cl)cc1C(=O)Nc1ncc(C#N)s1. The molecule has 0 unspecified atom stereocenters. The molecule has 0 aliphatic carbocycles. The lowest BCUT2D eigenvalue weighted by molar-refractivity contribution is 0.102. The van der Waals surface area contributed by atoms with Gasteiger partial charge in [-0.3, -0.25) is 10.1 Å². The first kappa shape index (κ1) is 13.3. The van der Waals surface area contributed by atoms with Crippen molar-refractivity contribution in [2.45, 2.75) is 0 Å². The van der Waals surface area contributed by atoms with Crippen LogP contribution in [0.5, 0.6) is 5.75 Å². The third kappa shape index (κ3) is 3.02. The number of rotatable bonds is 3. The summed E-state index contributed by atoms with van der Waals surface area (Å²) in [6.07, 6.45) is 1.40. The van der Waals surface area contributed by atoms with Gasteiger partial charge in [0.2, 0.25) is 0 Å². The quantitative estimate of drug-likeness (QED) is 0.944. The minimum Gasteiger partial charge on any atom is -0.496 e. The molecular formula is C12H8ClN3O2S. The van der Waals surface area contributed by atoms with Crippen LogP contribution < -0.4 is 10.1 Å². The van der Waals surface area contributed by atoms with Crippen molar-refractivity contribution in [2.24, 2.45) is 0 Å². The van der Waals surface area contributed by atoms with Gasteiger partial charge in [-0.15, -0.1) is 0 Å². The Balaban J connectivity index is 2.24. The number of hydrogen-bond donors (Lipinski definition) is 1. The largest absolute Gasteiger partial charge is 0.496 e. The summed E-state index contributed by atoms with van der Waals surface area (Å²) < 4.78 is 5.10. The van der Waals surface area contributed by atoms with E-state index in [4.69, 9.17) is 21.6 Å². The van der Waals surface area contributed by atoms with Gasteiger partial charge in [0.05, 0.1) is 18.9 Å². The van der Waals surface area contributed by atoms with E-state index in [1.165, 1.54) is 19.4 Å². The van der Waals surface area contributed by atoms with Crippen LogP contribution in [0.2, 0.25) is 5.02 Å². The highest BCUT2D eigenvalue weighted by molar-refractivity contribution is 7.16. The second-order valence-corrected chi connectivity index (χ2v) is 4.91. The fourth-order valence-corrected chi connectivity index (χ4v) is 2.19. The monoisotopic (exact) mass is 293 g/mol. The van der Waals surface area contributed by atoms with Crippen molar-refractivity contribution in [2.75, 3.05) is 12.4 Å². The van der Waals surface area contributed by atoms with Crippen LogP contribution in [0.15, 0.2) is 24.4 Å². The summed E-state index contributed by atoms with van der Waals surface area (Å²) >= 11 is 6.95. The van der Waals surface area contributed by atoms with E-state index in [1.807, 2.05) is 6.07 Å². The molecule has 0 saturated heterocycles. The molecular weight excluding hydrogens is 286 g/mol. The Morgan fingerprint density at radius 1 is 1.58 bits per heavy atom. The Hall–Kier alpha value is -2.10. The van der Waals surface area contributed by atoms with Gasteiger partial charge in [0.1, 0.15) is 16.7 Å². The molecule has 0 radical (unpaired) electrons. The van der Waals surface area contributed by atoms with E-state index in [0.717, 1.165) is 11.3 Å². The fraction of sp³-hybridized carbons (Fsp3) is 0.0833. The lowest BCUT2D eigenvalue weighted by atomic mass is 10.2. The van der Waals surface area contributed by atoms with Crippen LogP contribution in [0.1, 0.15) is 15.2 Å². The summed E-state index contributed by atoms with van der Waals surface area (Å²) in [5.74, 6) is 0.0251. The van der Waals surface area contributed by atoms with Gasteiger partial charge in [0, 0.05) is 5.02 Å². The van der Waals surface area contributed by atoms with E-state index in [9.17, 15) is 4.79 Å². The first-order valence-corrected chi connectivity index (χ1v) is 6.34. The molecule has 0 atom stereocenters. The van der Waals surface area contributed by atoms with Crippen LogP contribution in [0, 0.1) is 11.3 Å². The first-order valence-electron chi connectivity index (χ1n) is 5.15. The summed E-state index contributed by atoms with van der Waals surface area (Å²) in [5.41, 5.74) is 0.309. The lowest BCUT2D eigenvalue weighted by Crippen LogP contribution is -2.12. The molecule has 1 N–H and O–H groups in total. The molecule has 96 valence electrons. The molecule has 0 fully saturated rings. The number of halogens is 1. The molecule has 1 amide bonds. The van der Waals surface area contributed by atoms with Gasteiger partial charge < -0.3 is 4.74 Å². The number of carbonyl (C=O) groups excluding carboxylic acids is 1. The standard InChI is InChI=1S/C12H8ClN3O2S/c1-18-10-3-2-7(13)4-9(10)11(17)16-12-15-6-8(5-14)19-12/h2-4,6H,1H3,(H,15,16,17). The highest BCUT2D eigenvalue weighted by Gasteiger charge is 2.14. The molecule has 7 heteroatoms. The van der Waals surface area contributed by atoms with Gasteiger partial charge in [-0.05, 0) is 18.2 Å². The number of nitrogens with zero attached hydrogens (tertiary/aromatic N) is 2. The van der Waals surface area contributed by atoms with Crippen LogP contribution in [-0.2, 0) is 0 Å². The van der Waals surface area contributed by atoms with Crippen molar-refractivity contribution in [1.29, 1.82) is 5.26 Å². The number of amides is 1. The zero-order valence-electron chi connectivity index (χ0n) is 9.81. The Morgan fingerprint density at radius 3 is 3.00 bits per heavy atom. The van der Waals surface area contributed by atoms with Crippen LogP contribution in [0.25, 0.3) is 0 Å². The number of nitriles is 1. The average Bonchev–Trinajstić information content (AvgIpc) is 2.86. The molecule has 0 bridgehead atoms. The molecule has 1 aromatic carbocycles. The Bertz CT molecular complexity index is 663. The predicted molar refractivity (Wildman–Crippen MR) is 72.8 cm³/mol. The van der Waals surface area contributed by atoms with Crippen LogP contribution in [-0.4, -0.2) is 18.0 Å². The van der Waals surface area contributed by atoms with Gasteiger partial charge >= 0.3 is 0 Å². The van der Waals surface area contributed by atoms with Crippen LogP contribution in [0.3, 0.4) is 0 Å². The summed E-state index contributed by atoms with van der Waals surface area (Å²) in [7, 11) is 1.47. The molecule has 0 aliphatic heterocycles. The minimum atomic E-state index is -0.391. The third-order valence-corrected chi connectivity index (χ3v) is 3.30. The second kappa shape index (κ2) is 5.69. The predicted octanol–water partition coefficient (Wildman–Crippen LogP) is 2.93. The maximum absolute atomic E-state index is 12.1. The highest BCUT2D eigenvalue weighted by Crippen LogP contribution is 2.24. The molecule has 2 aromatic rings. The van der Waals surface area contributed by atoms with Crippen LogP contribution >= 0.6 is 22.9 Å². The van der Waals surface area contributed by atoms with Gasteiger partial charge in [-0.1, -0.05) is 22.9 Å². The highest BCUT2D eigenvalue weighted by atomic mass is 35.5. The summed E-state index contributed by atoms with van der Waals surface area (Å²) in [6.45, 7) is 0. The van der Waals surface area contributed by atoms with E-state index in [0.29, 0.717) is 26.3 Å². The first-order chi connectivity index (χ1) is 9.13. The van der Waals surface area contributed by atoms with Gasteiger partial charge in [-0.2, -0.15) is 5.26 Å². The molecule has 0 spiro atoms. The normalized spacial score (nSPS) is 9.74. The summed E-state index contributed by atoms with van der Waals surface area (Å²) in [6, 6.07) is 6.70. The molecule has 19 heavy (non-hydrogen) atoms. The second-order valence-electron chi connectivity index (χ2n) is 3.44. The third-order valence-electron chi connectivity index (χ3n) is 2.24. The number of anilines is 1. The van der Waals surface area contributed by atoms with E-state index in [2.05, 4.69) is 10.3 Å². The Kier molecular flexibility index (Phi) is 4.00. The van der Waals surface area contributed by atoms with Crippen LogP contribution in [0.4, 0.5) is 5.13 Å². The minimum absolute atomic E-state index is 0.309. The molecule has 0 aliphatic rings. The zero-order valence-corrected chi connectivity index (χ0v) is 11.4. The number of benzene rings is 1. The van der Waals surface area contributed by atoms with Crippen molar-refractivity contribution in [3.63, 3.8) is 0 Å². The number of ether oxygens (including phenoxy) is 1. The lowest BCUT2D eigenvalue weighted by Gasteiger charge is -2.07. The maximum atomic E-state index is 12.1. The number of hydrogen-bond acceptors (Lipinski definition) is 5. The Labute approximate surface area is 118 Å². The molecule has 1 heterocycles. The maximum Gasteiger partial charge on any atom is 0.261 e. The topological polar surface area (TPSA) is 75.0 Å². The molecule has 0 saturated carbocycles. The smallest absolute Gasteiger partial charge is 0.261 e. The van der Waals surface area contributed by atoms with Crippen molar-refractivity contribution in [3.05, 3.63) is 39.9 Å². The van der Waals surface area contributed by atoms with Gasteiger partial charge in [0.15, 0.2) is 5.13 Å². The summed E-state index contributed by atoms with van der Waals surface area (Å²) in [5, 5.41) is 12.1.